The molecule has 7 heteroatoms. The van der Waals surface area contributed by atoms with Crippen LogP contribution in [0.4, 0.5) is 4.39 Å². The zero-order valence-corrected chi connectivity index (χ0v) is 10.7. The molecular formula is C10H11BrFN5. The molecule has 0 amide bonds. The molecule has 0 bridgehead atoms. The predicted molar refractivity (Wildman–Crippen MR) is 63.5 cm³/mol. The van der Waals surface area contributed by atoms with Crippen molar-refractivity contribution in [2.24, 2.45) is 0 Å². The van der Waals surface area contributed by atoms with Gasteiger partial charge in [0.1, 0.15) is 5.82 Å². The first-order valence-corrected chi connectivity index (χ1v) is 5.87. The summed E-state index contributed by atoms with van der Waals surface area (Å²) in [7, 11) is 0. The van der Waals surface area contributed by atoms with Gasteiger partial charge in [0, 0.05) is 6.04 Å². The highest BCUT2D eigenvalue weighted by atomic mass is 79.9. The van der Waals surface area contributed by atoms with Crippen molar-refractivity contribution in [2.45, 2.75) is 19.5 Å². The summed E-state index contributed by atoms with van der Waals surface area (Å²) in [6, 6.07) is 5.01. The normalized spacial score (nSPS) is 12.6. The Bertz CT molecular complexity index is 487. The molecule has 90 valence electrons. The number of halogens is 2. The maximum atomic E-state index is 13.1. The van der Waals surface area contributed by atoms with E-state index in [1.165, 1.54) is 6.07 Å². The van der Waals surface area contributed by atoms with Gasteiger partial charge in [-0.1, -0.05) is 11.3 Å². The molecule has 1 aromatic carbocycles. The van der Waals surface area contributed by atoms with Crippen LogP contribution in [0.2, 0.25) is 0 Å². The molecule has 1 heterocycles. The van der Waals surface area contributed by atoms with E-state index >= 15 is 0 Å². The Hall–Kier alpha value is -1.34. The van der Waals surface area contributed by atoms with Crippen LogP contribution in [0, 0.1) is 5.82 Å². The average Bonchev–Trinajstić information content (AvgIpc) is 2.82. The van der Waals surface area contributed by atoms with E-state index < -0.39 is 0 Å². The third kappa shape index (κ3) is 3.07. The van der Waals surface area contributed by atoms with Crippen molar-refractivity contribution in [1.82, 2.24) is 25.9 Å². The van der Waals surface area contributed by atoms with E-state index in [1.807, 2.05) is 6.92 Å². The number of benzene rings is 1. The minimum Gasteiger partial charge on any atom is -0.303 e. The fourth-order valence-electron chi connectivity index (χ4n) is 1.40. The molecule has 0 aliphatic carbocycles. The molecule has 17 heavy (non-hydrogen) atoms. The van der Waals surface area contributed by atoms with Gasteiger partial charge in [0.15, 0.2) is 5.82 Å². The summed E-state index contributed by atoms with van der Waals surface area (Å²) in [5, 5.41) is 16.7. The molecule has 0 aliphatic rings. The second kappa shape index (κ2) is 5.33. The number of nitrogens with zero attached hydrogens (tertiary/aromatic N) is 3. The molecule has 1 atom stereocenters. The van der Waals surface area contributed by atoms with Crippen LogP contribution >= 0.6 is 15.9 Å². The van der Waals surface area contributed by atoms with Crippen LogP contribution < -0.4 is 5.32 Å². The third-order valence-electron chi connectivity index (χ3n) is 2.40. The second-order valence-corrected chi connectivity index (χ2v) is 4.46. The first-order valence-electron chi connectivity index (χ1n) is 5.07. The van der Waals surface area contributed by atoms with E-state index in [4.69, 9.17) is 0 Å². The van der Waals surface area contributed by atoms with Crippen molar-refractivity contribution in [2.75, 3.05) is 0 Å². The van der Waals surface area contributed by atoms with Gasteiger partial charge in [-0.15, -0.1) is 10.2 Å². The molecule has 2 rings (SSSR count). The van der Waals surface area contributed by atoms with Gasteiger partial charge < -0.3 is 5.32 Å². The molecule has 2 N–H and O–H groups in total. The van der Waals surface area contributed by atoms with Crippen LogP contribution in [0.1, 0.15) is 24.4 Å². The second-order valence-electron chi connectivity index (χ2n) is 3.60. The highest BCUT2D eigenvalue weighted by Gasteiger charge is 2.08. The average molecular weight is 300 g/mol. The topological polar surface area (TPSA) is 66.5 Å². The fraction of sp³-hybridized carbons (Fsp3) is 0.300. The lowest BCUT2D eigenvalue weighted by atomic mass is 10.1. The lowest BCUT2D eigenvalue weighted by molar-refractivity contribution is 0.556. The van der Waals surface area contributed by atoms with Crippen LogP contribution in [0.25, 0.3) is 0 Å². The maximum absolute atomic E-state index is 13.1. The molecule has 0 radical (unpaired) electrons. The number of tetrazole rings is 1. The van der Waals surface area contributed by atoms with Gasteiger partial charge in [0.2, 0.25) is 0 Å². The number of nitrogens with one attached hydrogen (secondary N) is 2. The van der Waals surface area contributed by atoms with E-state index in [0.29, 0.717) is 16.8 Å². The number of aromatic nitrogens is 4. The molecule has 1 aromatic heterocycles. The van der Waals surface area contributed by atoms with Crippen LogP contribution in [-0.2, 0) is 6.54 Å². The van der Waals surface area contributed by atoms with Gasteiger partial charge >= 0.3 is 0 Å². The number of H-pyrrole nitrogens is 1. The molecular weight excluding hydrogens is 289 g/mol. The number of aromatic amines is 1. The number of rotatable bonds is 4. The van der Waals surface area contributed by atoms with Gasteiger partial charge in [-0.2, -0.15) is 5.21 Å². The third-order valence-corrected chi connectivity index (χ3v) is 3.01. The van der Waals surface area contributed by atoms with Crippen LogP contribution in [-0.4, -0.2) is 20.6 Å². The molecule has 2 aromatic rings. The van der Waals surface area contributed by atoms with Crippen molar-refractivity contribution in [3.8, 4) is 0 Å². The Kier molecular flexibility index (Phi) is 3.80. The number of hydrogen-bond acceptors (Lipinski definition) is 4. The van der Waals surface area contributed by atoms with Gasteiger partial charge in [-0.3, -0.25) is 0 Å². The van der Waals surface area contributed by atoms with Crippen molar-refractivity contribution in [1.29, 1.82) is 0 Å². The van der Waals surface area contributed by atoms with E-state index in [1.54, 1.807) is 12.1 Å². The zero-order valence-electron chi connectivity index (χ0n) is 9.11. The van der Waals surface area contributed by atoms with Crippen molar-refractivity contribution in [3.63, 3.8) is 0 Å². The molecule has 0 saturated heterocycles. The van der Waals surface area contributed by atoms with E-state index in [2.05, 4.69) is 41.9 Å². The maximum Gasteiger partial charge on any atom is 0.188 e. The predicted octanol–water partition coefficient (Wildman–Crippen LogP) is 1.95. The largest absolute Gasteiger partial charge is 0.303 e. The Balaban J connectivity index is 1.99. The highest BCUT2D eigenvalue weighted by molar-refractivity contribution is 9.10. The Morgan fingerprint density at radius 2 is 2.35 bits per heavy atom. The SMILES string of the molecule is CC(NCc1nn[nH]n1)c1ccc(F)c(Br)c1. The van der Waals surface area contributed by atoms with Crippen molar-refractivity contribution in [3.05, 3.63) is 39.9 Å². The zero-order chi connectivity index (χ0) is 12.3. The van der Waals surface area contributed by atoms with Crippen molar-refractivity contribution >= 4 is 15.9 Å². The summed E-state index contributed by atoms with van der Waals surface area (Å²) in [6.45, 7) is 2.49. The standard InChI is InChI=1S/C10H11BrFN5/c1-6(13-5-10-14-16-17-15-10)7-2-3-9(12)8(11)4-7/h2-4,6,13H,5H2,1H3,(H,14,15,16,17). The molecule has 1 unspecified atom stereocenters. The molecule has 5 nitrogen and oxygen atoms in total. The smallest absolute Gasteiger partial charge is 0.188 e. The quantitative estimate of drug-likeness (QED) is 0.906. The first kappa shape index (κ1) is 12.1. The number of hydrogen-bond donors (Lipinski definition) is 2. The summed E-state index contributed by atoms with van der Waals surface area (Å²) >= 11 is 3.16. The summed E-state index contributed by atoms with van der Waals surface area (Å²) in [5.74, 6) is 0.331. The Morgan fingerprint density at radius 3 is 3.00 bits per heavy atom. The summed E-state index contributed by atoms with van der Waals surface area (Å²) in [6.07, 6.45) is 0. The van der Waals surface area contributed by atoms with Crippen LogP contribution in [0.3, 0.4) is 0 Å². The van der Waals surface area contributed by atoms with E-state index in [-0.39, 0.29) is 11.9 Å². The fourth-order valence-corrected chi connectivity index (χ4v) is 1.80. The lowest BCUT2D eigenvalue weighted by Crippen LogP contribution is -2.19. The minimum atomic E-state index is -0.265. The first-order chi connectivity index (χ1) is 8.16. The molecule has 0 spiro atoms. The van der Waals surface area contributed by atoms with Crippen molar-refractivity contribution < 1.29 is 4.39 Å². The summed E-state index contributed by atoms with van der Waals surface area (Å²) < 4.78 is 13.5. The molecule has 0 aliphatic heterocycles. The Labute approximate surface area is 106 Å². The minimum absolute atomic E-state index is 0.0744. The lowest BCUT2D eigenvalue weighted by Gasteiger charge is -2.13. The van der Waals surface area contributed by atoms with E-state index in [9.17, 15) is 4.39 Å². The molecule has 0 fully saturated rings. The summed E-state index contributed by atoms with van der Waals surface area (Å²) in [4.78, 5) is 0. The van der Waals surface area contributed by atoms with Gasteiger partial charge in [-0.05, 0) is 40.5 Å². The van der Waals surface area contributed by atoms with Gasteiger partial charge in [0.05, 0.1) is 11.0 Å². The highest BCUT2D eigenvalue weighted by Crippen LogP contribution is 2.21. The Morgan fingerprint density at radius 1 is 1.53 bits per heavy atom. The van der Waals surface area contributed by atoms with E-state index in [0.717, 1.165) is 5.56 Å². The molecule has 0 saturated carbocycles. The van der Waals surface area contributed by atoms with Gasteiger partial charge in [0.25, 0.3) is 0 Å². The van der Waals surface area contributed by atoms with Crippen LogP contribution in [0.5, 0.6) is 0 Å². The summed E-state index contributed by atoms with van der Waals surface area (Å²) in [5.41, 5.74) is 0.988. The van der Waals surface area contributed by atoms with Crippen LogP contribution in [0.15, 0.2) is 22.7 Å². The monoisotopic (exact) mass is 299 g/mol. The van der Waals surface area contributed by atoms with Gasteiger partial charge in [-0.25, -0.2) is 4.39 Å².